The minimum atomic E-state index is -0.0323. The molecule has 1 fully saturated rings. The number of amides is 1. The molecule has 2 heterocycles. The topological polar surface area (TPSA) is 62.5 Å². The molecule has 144 valence electrons. The van der Waals surface area contributed by atoms with Crippen LogP contribution in [0.25, 0.3) is 11.5 Å². The van der Waals surface area contributed by atoms with Crippen molar-refractivity contribution in [2.45, 2.75) is 25.8 Å². The molecular formula is C22H24N4O2. The van der Waals surface area contributed by atoms with Gasteiger partial charge >= 0.3 is 0 Å². The first kappa shape index (κ1) is 18.2. The van der Waals surface area contributed by atoms with Crippen LogP contribution in [-0.2, 0) is 11.3 Å². The highest BCUT2D eigenvalue weighted by atomic mass is 16.5. The summed E-state index contributed by atoms with van der Waals surface area (Å²) >= 11 is 0. The molecule has 0 radical (unpaired) electrons. The van der Waals surface area contributed by atoms with Crippen LogP contribution in [0.5, 0.6) is 0 Å². The third kappa shape index (κ3) is 3.63. The highest BCUT2D eigenvalue weighted by Gasteiger charge is 2.33. The van der Waals surface area contributed by atoms with Gasteiger partial charge in [0.15, 0.2) is 5.82 Å². The Hall–Kier alpha value is -3.15. The van der Waals surface area contributed by atoms with E-state index in [2.05, 4.69) is 29.2 Å². The first-order valence-electron chi connectivity index (χ1n) is 9.45. The second kappa shape index (κ2) is 7.46. The lowest BCUT2D eigenvalue weighted by molar-refractivity contribution is -0.128. The van der Waals surface area contributed by atoms with Gasteiger partial charge in [-0.15, -0.1) is 0 Å². The van der Waals surface area contributed by atoms with E-state index in [4.69, 9.17) is 4.52 Å². The van der Waals surface area contributed by atoms with E-state index in [9.17, 15) is 4.79 Å². The van der Waals surface area contributed by atoms with E-state index in [1.807, 2.05) is 60.3 Å². The summed E-state index contributed by atoms with van der Waals surface area (Å²) in [5.41, 5.74) is 4.36. The van der Waals surface area contributed by atoms with Gasteiger partial charge < -0.3 is 14.3 Å². The summed E-state index contributed by atoms with van der Waals surface area (Å²) in [7, 11) is 4.00. The Bertz CT molecular complexity index is 978. The van der Waals surface area contributed by atoms with Gasteiger partial charge in [0, 0.05) is 50.8 Å². The molecule has 1 aliphatic heterocycles. The number of carbonyl (C=O) groups excluding carboxylic acids is 1. The zero-order valence-corrected chi connectivity index (χ0v) is 16.4. The zero-order chi connectivity index (χ0) is 19.7. The highest BCUT2D eigenvalue weighted by Crippen LogP contribution is 2.30. The largest absolute Gasteiger partial charge is 0.378 e. The molecule has 28 heavy (non-hydrogen) atoms. The average Bonchev–Trinajstić information content (AvgIpc) is 3.31. The molecule has 1 unspecified atom stereocenters. The van der Waals surface area contributed by atoms with Crippen LogP contribution in [0.4, 0.5) is 5.69 Å². The predicted molar refractivity (Wildman–Crippen MR) is 108 cm³/mol. The number of anilines is 1. The van der Waals surface area contributed by atoms with Crippen molar-refractivity contribution in [2.24, 2.45) is 0 Å². The van der Waals surface area contributed by atoms with E-state index < -0.39 is 0 Å². The van der Waals surface area contributed by atoms with Crippen LogP contribution in [0, 0.1) is 6.92 Å². The van der Waals surface area contributed by atoms with Gasteiger partial charge in [-0.1, -0.05) is 29.4 Å². The summed E-state index contributed by atoms with van der Waals surface area (Å²) in [6, 6.07) is 16.1. The number of aromatic nitrogens is 2. The Morgan fingerprint density at radius 3 is 2.61 bits per heavy atom. The molecule has 4 rings (SSSR count). The van der Waals surface area contributed by atoms with Crippen molar-refractivity contribution in [3.05, 3.63) is 65.5 Å². The summed E-state index contributed by atoms with van der Waals surface area (Å²) < 4.78 is 5.47. The molecule has 0 saturated carbocycles. The van der Waals surface area contributed by atoms with Gasteiger partial charge in [0.05, 0.1) is 0 Å². The molecule has 1 saturated heterocycles. The third-order valence-corrected chi connectivity index (χ3v) is 5.27. The second-order valence-electron chi connectivity index (χ2n) is 7.50. The van der Waals surface area contributed by atoms with Crippen LogP contribution >= 0.6 is 0 Å². The lowest BCUT2D eigenvalue weighted by atomic mass is 10.1. The number of aryl methyl sites for hydroxylation is 1. The van der Waals surface area contributed by atoms with Crippen molar-refractivity contribution in [3.8, 4) is 11.5 Å². The first-order valence-corrected chi connectivity index (χ1v) is 9.45. The van der Waals surface area contributed by atoms with E-state index in [-0.39, 0.29) is 11.8 Å². The monoisotopic (exact) mass is 376 g/mol. The highest BCUT2D eigenvalue weighted by molar-refractivity contribution is 5.79. The van der Waals surface area contributed by atoms with E-state index in [1.54, 1.807) is 0 Å². The molecule has 3 aromatic rings. The smallest absolute Gasteiger partial charge is 0.257 e. The number of hydrogen-bond acceptors (Lipinski definition) is 5. The molecule has 1 amide bonds. The van der Waals surface area contributed by atoms with Crippen molar-refractivity contribution in [3.63, 3.8) is 0 Å². The molecule has 0 spiro atoms. The molecule has 1 atom stereocenters. The SMILES string of the molecule is Cc1ccccc1CN1CC(c2noc(-c3ccc(N(C)C)cc3)n2)CC1=O. The van der Waals surface area contributed by atoms with Crippen LogP contribution in [0.1, 0.15) is 29.3 Å². The van der Waals surface area contributed by atoms with Crippen LogP contribution in [0.3, 0.4) is 0 Å². The first-order chi connectivity index (χ1) is 13.5. The van der Waals surface area contributed by atoms with Gasteiger partial charge in [0.2, 0.25) is 5.91 Å². The van der Waals surface area contributed by atoms with Gasteiger partial charge in [0.25, 0.3) is 5.89 Å². The fraction of sp³-hybridized carbons (Fsp3) is 0.318. The van der Waals surface area contributed by atoms with Gasteiger partial charge in [-0.25, -0.2) is 0 Å². The molecular weight excluding hydrogens is 352 g/mol. The zero-order valence-electron chi connectivity index (χ0n) is 16.4. The average molecular weight is 376 g/mol. The standard InChI is InChI=1S/C22H24N4O2/c1-15-6-4-5-7-17(15)13-26-14-18(12-20(26)27)21-23-22(28-24-21)16-8-10-19(11-9-16)25(2)3/h4-11,18H,12-14H2,1-3H3. The summed E-state index contributed by atoms with van der Waals surface area (Å²) in [5.74, 6) is 1.20. The van der Waals surface area contributed by atoms with E-state index >= 15 is 0 Å². The van der Waals surface area contributed by atoms with Gasteiger partial charge in [-0.05, 0) is 42.3 Å². The van der Waals surface area contributed by atoms with E-state index in [0.29, 0.717) is 31.2 Å². The van der Waals surface area contributed by atoms with Crippen LogP contribution in [-0.4, -0.2) is 41.6 Å². The van der Waals surface area contributed by atoms with Crippen LogP contribution in [0.15, 0.2) is 53.1 Å². The number of rotatable bonds is 5. The molecule has 6 nitrogen and oxygen atoms in total. The Morgan fingerprint density at radius 1 is 1.14 bits per heavy atom. The summed E-state index contributed by atoms with van der Waals surface area (Å²) in [5, 5.41) is 4.15. The maximum Gasteiger partial charge on any atom is 0.257 e. The fourth-order valence-electron chi connectivity index (χ4n) is 3.51. The molecule has 1 aromatic heterocycles. The number of carbonyl (C=O) groups is 1. The number of hydrogen-bond donors (Lipinski definition) is 0. The van der Waals surface area contributed by atoms with Crippen molar-refractivity contribution < 1.29 is 9.32 Å². The summed E-state index contributed by atoms with van der Waals surface area (Å²) in [6.07, 6.45) is 0.421. The Morgan fingerprint density at radius 2 is 1.89 bits per heavy atom. The normalized spacial score (nSPS) is 16.6. The van der Waals surface area contributed by atoms with E-state index in [0.717, 1.165) is 11.3 Å². The molecule has 0 aliphatic carbocycles. The van der Waals surface area contributed by atoms with Gasteiger partial charge in [-0.3, -0.25) is 4.79 Å². The summed E-state index contributed by atoms with van der Waals surface area (Å²) in [6.45, 7) is 3.31. The maximum absolute atomic E-state index is 12.5. The quantitative estimate of drug-likeness (QED) is 0.680. The van der Waals surface area contributed by atoms with Crippen molar-refractivity contribution in [1.29, 1.82) is 0 Å². The van der Waals surface area contributed by atoms with Crippen LogP contribution in [0.2, 0.25) is 0 Å². The maximum atomic E-state index is 12.5. The molecule has 0 bridgehead atoms. The van der Waals surface area contributed by atoms with Crippen molar-refractivity contribution in [2.75, 3.05) is 25.5 Å². The second-order valence-corrected chi connectivity index (χ2v) is 7.50. The van der Waals surface area contributed by atoms with Crippen molar-refractivity contribution >= 4 is 11.6 Å². The van der Waals surface area contributed by atoms with Gasteiger partial charge in [-0.2, -0.15) is 4.98 Å². The van der Waals surface area contributed by atoms with Crippen molar-refractivity contribution in [1.82, 2.24) is 15.0 Å². The Balaban J connectivity index is 1.47. The predicted octanol–water partition coefficient (Wildman–Crippen LogP) is 3.63. The number of nitrogens with zero attached hydrogens (tertiary/aromatic N) is 4. The lowest BCUT2D eigenvalue weighted by Gasteiger charge is -2.17. The van der Waals surface area contributed by atoms with E-state index in [1.165, 1.54) is 11.1 Å². The fourth-order valence-corrected chi connectivity index (χ4v) is 3.51. The molecule has 1 aliphatic rings. The van der Waals surface area contributed by atoms with Crippen LogP contribution < -0.4 is 4.90 Å². The van der Waals surface area contributed by atoms with Gasteiger partial charge in [0.1, 0.15) is 0 Å². The number of benzene rings is 2. The third-order valence-electron chi connectivity index (χ3n) is 5.27. The summed E-state index contributed by atoms with van der Waals surface area (Å²) in [4.78, 5) is 21.0. The Labute approximate surface area is 164 Å². The molecule has 0 N–H and O–H groups in total. The minimum Gasteiger partial charge on any atom is -0.378 e. The Kier molecular flexibility index (Phi) is 4.86. The molecule has 6 heteroatoms. The minimum absolute atomic E-state index is 0.0323. The lowest BCUT2D eigenvalue weighted by Crippen LogP contribution is -2.24. The molecule has 2 aromatic carbocycles. The number of likely N-dealkylation sites (tertiary alicyclic amines) is 1.